The van der Waals surface area contributed by atoms with Crippen LogP contribution in [0.5, 0.6) is 0 Å². The van der Waals surface area contributed by atoms with Crippen LogP contribution in [0.15, 0.2) is 186 Å². The van der Waals surface area contributed by atoms with Gasteiger partial charge in [0, 0.05) is 82.3 Å². The van der Waals surface area contributed by atoms with Gasteiger partial charge in [0.05, 0.1) is 12.7 Å². The lowest BCUT2D eigenvalue weighted by Gasteiger charge is -2.27. The van der Waals surface area contributed by atoms with Crippen molar-refractivity contribution in [1.29, 1.82) is 0 Å². The molecule has 0 saturated heterocycles. The van der Waals surface area contributed by atoms with E-state index in [1.165, 1.54) is 59.8 Å². The molecule has 0 aliphatic heterocycles. The summed E-state index contributed by atoms with van der Waals surface area (Å²) in [7, 11) is 2.45. The number of anilines is 3. The summed E-state index contributed by atoms with van der Waals surface area (Å²) in [6.45, 7) is 12.0. The summed E-state index contributed by atoms with van der Waals surface area (Å²) < 4.78 is 14.4. The fourth-order valence-corrected chi connectivity index (χ4v) is 11.0. The molecule has 0 amide bonds. The van der Waals surface area contributed by atoms with Crippen molar-refractivity contribution in [2.75, 3.05) is 19.1 Å². The summed E-state index contributed by atoms with van der Waals surface area (Å²) in [5, 5.41) is 18.9. The van der Waals surface area contributed by atoms with Crippen LogP contribution < -0.4 is 4.90 Å². The molecule has 13 rings (SSSR count). The summed E-state index contributed by atoms with van der Waals surface area (Å²) in [6.07, 6.45) is 0. The SMILES string of the molecule is CC.CC.CC.CO.COC(=O)c1cc(N(c2ccc(-c3cccc4ccccc34)cc2)c2ccc3oc4ccccc4c3c2)ccc1-c1cc2ccc3c4sc5ccccc5c4cc4[nH]c(c1)c2c43. The molecule has 0 unspecified atom stereocenters. The summed E-state index contributed by atoms with van der Waals surface area (Å²) in [4.78, 5) is 19.9. The smallest absolute Gasteiger partial charge is 0.338 e. The fourth-order valence-electron chi connectivity index (χ4n) is 9.83. The molecule has 13 aromatic rings. The number of hydrogen-bond donors (Lipinski definition) is 2. The van der Waals surface area contributed by atoms with Crippen molar-refractivity contribution < 1.29 is 19.1 Å². The molecule has 10 aromatic carbocycles. The van der Waals surface area contributed by atoms with E-state index in [0.29, 0.717) is 5.56 Å². The lowest BCUT2D eigenvalue weighted by Crippen LogP contribution is -2.12. The van der Waals surface area contributed by atoms with Crippen LogP contribution in [0, 0.1) is 0 Å². The third-order valence-electron chi connectivity index (χ3n) is 12.6. The molecule has 348 valence electrons. The minimum absolute atomic E-state index is 0.403. The highest BCUT2D eigenvalue weighted by Gasteiger charge is 2.23. The number of aromatic amines is 1. The molecule has 0 spiro atoms. The van der Waals surface area contributed by atoms with Gasteiger partial charge in [0.2, 0.25) is 0 Å². The second-order valence-corrected chi connectivity index (χ2v) is 17.1. The number of rotatable bonds is 6. The van der Waals surface area contributed by atoms with Crippen molar-refractivity contribution in [1.82, 2.24) is 4.98 Å². The number of carbonyl (C=O) groups excluding carboxylic acids is 1. The number of ether oxygens (including phenoxy) is 1. The van der Waals surface area contributed by atoms with E-state index in [1.807, 2.05) is 83.2 Å². The minimum atomic E-state index is -0.403. The molecule has 0 bridgehead atoms. The van der Waals surface area contributed by atoms with E-state index in [0.717, 1.165) is 79.2 Å². The number of methoxy groups -OCH3 is 1. The van der Waals surface area contributed by atoms with Crippen molar-refractivity contribution >= 4 is 120 Å². The molecule has 3 heterocycles. The van der Waals surface area contributed by atoms with Crippen LogP contribution in [0.25, 0.3) is 108 Å². The minimum Gasteiger partial charge on any atom is -0.465 e. The molecule has 6 nitrogen and oxygen atoms in total. The first kappa shape index (κ1) is 47.1. The Kier molecular flexibility index (Phi) is 13.7. The summed E-state index contributed by atoms with van der Waals surface area (Å²) in [5.74, 6) is -0.403. The molecule has 0 saturated carbocycles. The number of aromatic nitrogens is 1. The fraction of sp³-hybridized carbons (Fsp3) is 0.127. The van der Waals surface area contributed by atoms with Gasteiger partial charge in [-0.25, -0.2) is 4.79 Å². The molecule has 0 aliphatic rings. The number of hydrogen-bond acceptors (Lipinski definition) is 6. The van der Waals surface area contributed by atoms with Gasteiger partial charge in [-0.1, -0.05) is 151 Å². The number of esters is 1. The maximum Gasteiger partial charge on any atom is 0.338 e. The largest absolute Gasteiger partial charge is 0.465 e. The number of furan rings is 1. The van der Waals surface area contributed by atoms with Crippen molar-refractivity contribution in [3.05, 3.63) is 188 Å². The Labute approximate surface area is 412 Å². The van der Waals surface area contributed by atoms with Crippen molar-refractivity contribution in [2.24, 2.45) is 0 Å². The highest BCUT2D eigenvalue weighted by Crippen LogP contribution is 2.46. The molecule has 0 radical (unpaired) electrons. The Morgan fingerprint density at radius 2 is 1.14 bits per heavy atom. The molecule has 3 aromatic heterocycles. The summed E-state index contributed by atoms with van der Waals surface area (Å²) >= 11 is 1.85. The van der Waals surface area contributed by atoms with Crippen molar-refractivity contribution in [3.63, 3.8) is 0 Å². The predicted molar refractivity (Wildman–Crippen MR) is 301 cm³/mol. The van der Waals surface area contributed by atoms with Gasteiger partial charge in [-0.2, -0.15) is 0 Å². The molecule has 0 fully saturated rings. The van der Waals surface area contributed by atoms with Gasteiger partial charge in [-0.15, -0.1) is 11.3 Å². The maximum atomic E-state index is 14.0. The third-order valence-corrected chi connectivity index (χ3v) is 13.9. The second kappa shape index (κ2) is 20.3. The number of aliphatic hydroxyl groups is 1. The Hall–Kier alpha value is -7.97. The van der Waals surface area contributed by atoms with E-state index in [9.17, 15) is 4.79 Å². The highest BCUT2D eigenvalue weighted by atomic mass is 32.1. The monoisotopic (exact) mass is 936 g/mol. The maximum absolute atomic E-state index is 14.0. The zero-order valence-electron chi connectivity index (χ0n) is 40.8. The molecule has 70 heavy (non-hydrogen) atoms. The van der Waals surface area contributed by atoms with Gasteiger partial charge < -0.3 is 24.1 Å². The standard InChI is InChI=1S/C56H34N2O3S.3C2H6.CH4O/c1-60-56(59)47-30-37(22-25-41(47)35-27-34-19-24-44-54-49(57-48(28-35)53(34)54)31-46-43-13-5-7-16-52(43)62-55(44)46)58(38-23-26-51-45(29-38)42-12-4-6-15-50(42)61-51)36-20-17-33(18-21-36)40-14-8-10-32-9-2-3-11-39(32)40;4*1-2/h2-31,57H,1H3;3*1-2H3;2H,1H3. The highest BCUT2D eigenvalue weighted by molar-refractivity contribution is 7.26. The number of benzene rings is 10. The second-order valence-electron chi connectivity index (χ2n) is 16.0. The van der Waals surface area contributed by atoms with Gasteiger partial charge in [-0.05, 0) is 111 Å². The third kappa shape index (κ3) is 7.97. The van der Waals surface area contributed by atoms with Gasteiger partial charge in [0.1, 0.15) is 11.2 Å². The Balaban J connectivity index is 0.000000726. The van der Waals surface area contributed by atoms with E-state index in [4.69, 9.17) is 14.3 Å². The molecule has 2 N–H and O–H groups in total. The molecular weight excluding hydrogens is 881 g/mol. The number of aliphatic hydroxyl groups excluding tert-OH is 1. The number of fused-ring (bicyclic) bond motifs is 8. The first-order valence-corrected chi connectivity index (χ1v) is 25.0. The summed E-state index contributed by atoms with van der Waals surface area (Å²) in [5.41, 5.74) is 11.0. The number of para-hydroxylation sites is 1. The molecule has 0 aliphatic carbocycles. The van der Waals surface area contributed by atoms with E-state index < -0.39 is 5.97 Å². The Morgan fingerprint density at radius 3 is 1.93 bits per heavy atom. The Bertz CT molecular complexity index is 3950. The van der Waals surface area contributed by atoms with E-state index in [1.54, 1.807) is 0 Å². The number of nitrogens with one attached hydrogen (secondary N) is 1. The van der Waals surface area contributed by atoms with Gasteiger partial charge >= 0.3 is 5.97 Å². The van der Waals surface area contributed by atoms with Gasteiger partial charge in [0.15, 0.2) is 0 Å². The van der Waals surface area contributed by atoms with Crippen molar-refractivity contribution in [2.45, 2.75) is 41.5 Å². The first-order chi connectivity index (χ1) is 34.6. The van der Waals surface area contributed by atoms with E-state index in [2.05, 4.69) is 162 Å². The summed E-state index contributed by atoms with van der Waals surface area (Å²) in [6, 6.07) is 63.9. The molecule has 7 heteroatoms. The van der Waals surface area contributed by atoms with Crippen LogP contribution in [0.4, 0.5) is 17.1 Å². The van der Waals surface area contributed by atoms with Crippen LogP contribution in [-0.4, -0.2) is 30.3 Å². The van der Waals surface area contributed by atoms with Crippen LogP contribution in [0.3, 0.4) is 0 Å². The van der Waals surface area contributed by atoms with Gasteiger partial charge in [0.25, 0.3) is 0 Å². The van der Waals surface area contributed by atoms with Crippen LogP contribution in [0.1, 0.15) is 51.9 Å². The Morgan fingerprint density at radius 1 is 0.500 bits per heavy atom. The average molecular weight is 937 g/mol. The zero-order chi connectivity index (χ0) is 49.1. The molecule has 0 atom stereocenters. The number of carbonyl (C=O) groups is 1. The average Bonchev–Trinajstić information content (AvgIpc) is 4.13. The van der Waals surface area contributed by atoms with Crippen LogP contribution in [-0.2, 0) is 4.74 Å². The quantitative estimate of drug-likeness (QED) is 0.128. The van der Waals surface area contributed by atoms with Crippen LogP contribution in [0.2, 0.25) is 0 Å². The lowest BCUT2D eigenvalue weighted by molar-refractivity contribution is 0.0601. The predicted octanol–water partition coefficient (Wildman–Crippen LogP) is 18.6. The normalized spacial score (nSPS) is 11.0. The van der Waals surface area contributed by atoms with Crippen molar-refractivity contribution in [3.8, 4) is 22.3 Å². The topological polar surface area (TPSA) is 78.7 Å². The number of thiophene rings is 1. The first-order valence-electron chi connectivity index (χ1n) is 24.2. The van der Waals surface area contributed by atoms with Gasteiger partial charge in [-0.3, -0.25) is 0 Å². The van der Waals surface area contributed by atoms with E-state index >= 15 is 0 Å². The van der Waals surface area contributed by atoms with E-state index in [-0.39, 0.29) is 0 Å². The lowest BCUT2D eigenvalue weighted by atomic mass is 9.94. The number of nitrogens with zero attached hydrogens (tertiary/aromatic N) is 1. The zero-order valence-corrected chi connectivity index (χ0v) is 41.7. The van der Waals surface area contributed by atoms with Crippen LogP contribution >= 0.6 is 11.3 Å². The number of H-pyrrole nitrogens is 1. The molecular formula is C63H56N2O4S.